The van der Waals surface area contributed by atoms with Crippen LogP contribution in [-0.2, 0) is 19.1 Å². The van der Waals surface area contributed by atoms with Crippen molar-refractivity contribution in [2.75, 3.05) is 14.2 Å². The number of rotatable bonds is 8. The van der Waals surface area contributed by atoms with E-state index in [-0.39, 0.29) is 36.6 Å². The molecule has 0 fully saturated rings. The summed E-state index contributed by atoms with van der Waals surface area (Å²) in [6.45, 7) is 0. The summed E-state index contributed by atoms with van der Waals surface area (Å²) in [7, 11) is 2.77. The average molecular weight is 352 g/mol. The number of ether oxygens (including phenoxy) is 2. The third-order valence-electron chi connectivity index (χ3n) is 4.26. The SMILES string of the molecule is COC(=O)CC(/C=C/C(CC(=O)OC)c1ccccc1)c1ccccc1. The van der Waals surface area contributed by atoms with Gasteiger partial charge in [-0.2, -0.15) is 0 Å². The molecular weight excluding hydrogens is 328 g/mol. The van der Waals surface area contributed by atoms with Gasteiger partial charge < -0.3 is 9.47 Å². The molecule has 0 N–H and O–H groups in total. The summed E-state index contributed by atoms with van der Waals surface area (Å²) in [6.07, 6.45) is 4.45. The van der Waals surface area contributed by atoms with Gasteiger partial charge in [0.2, 0.25) is 0 Å². The first-order valence-corrected chi connectivity index (χ1v) is 8.56. The van der Waals surface area contributed by atoms with Gasteiger partial charge >= 0.3 is 11.9 Å². The molecule has 2 unspecified atom stereocenters. The number of carbonyl (C=O) groups excluding carboxylic acids is 2. The quantitative estimate of drug-likeness (QED) is 0.527. The standard InChI is InChI=1S/C22H24O4/c1-25-21(23)15-19(17-9-5-3-6-10-17)13-14-20(16-22(24)26-2)18-11-7-4-8-12-18/h3-14,19-20H,15-16H2,1-2H3/b14-13+. The van der Waals surface area contributed by atoms with Crippen molar-refractivity contribution in [3.8, 4) is 0 Å². The minimum atomic E-state index is -0.271. The Bertz CT molecular complexity index is 659. The Balaban J connectivity index is 2.27. The van der Waals surface area contributed by atoms with E-state index in [0.717, 1.165) is 11.1 Å². The maximum Gasteiger partial charge on any atom is 0.306 e. The van der Waals surface area contributed by atoms with Crippen LogP contribution in [0.2, 0.25) is 0 Å². The molecular formula is C22H24O4. The second-order valence-electron chi connectivity index (χ2n) is 5.98. The van der Waals surface area contributed by atoms with Crippen molar-refractivity contribution in [1.82, 2.24) is 0 Å². The minimum absolute atomic E-state index is 0.118. The van der Waals surface area contributed by atoms with E-state index < -0.39 is 0 Å². The first kappa shape index (κ1) is 19.4. The van der Waals surface area contributed by atoms with E-state index in [1.54, 1.807) is 0 Å². The number of carbonyl (C=O) groups is 2. The second-order valence-corrected chi connectivity index (χ2v) is 5.98. The molecule has 2 aromatic rings. The fourth-order valence-corrected chi connectivity index (χ4v) is 2.79. The van der Waals surface area contributed by atoms with Crippen molar-refractivity contribution in [1.29, 1.82) is 0 Å². The maximum atomic E-state index is 11.8. The highest BCUT2D eigenvalue weighted by molar-refractivity contribution is 5.71. The second kappa shape index (κ2) is 10.2. The van der Waals surface area contributed by atoms with Crippen LogP contribution in [0.15, 0.2) is 72.8 Å². The van der Waals surface area contributed by atoms with Crippen LogP contribution in [0.1, 0.15) is 35.8 Å². The van der Waals surface area contributed by atoms with Crippen LogP contribution in [0.5, 0.6) is 0 Å². The number of hydrogen-bond donors (Lipinski definition) is 0. The minimum Gasteiger partial charge on any atom is -0.469 e. The molecule has 0 amide bonds. The fraction of sp³-hybridized carbons (Fsp3) is 0.273. The molecule has 4 heteroatoms. The summed E-state index contributed by atoms with van der Waals surface area (Å²) in [5, 5.41) is 0. The Morgan fingerprint density at radius 3 is 1.38 bits per heavy atom. The Kier molecular flexibility index (Phi) is 7.62. The third kappa shape index (κ3) is 5.88. The Morgan fingerprint density at radius 2 is 1.08 bits per heavy atom. The Hall–Kier alpha value is -2.88. The van der Waals surface area contributed by atoms with Crippen molar-refractivity contribution < 1.29 is 19.1 Å². The molecule has 26 heavy (non-hydrogen) atoms. The number of hydrogen-bond acceptors (Lipinski definition) is 4. The van der Waals surface area contributed by atoms with Gasteiger partial charge in [0, 0.05) is 11.8 Å². The van der Waals surface area contributed by atoms with Gasteiger partial charge in [-0.25, -0.2) is 0 Å². The monoisotopic (exact) mass is 352 g/mol. The van der Waals surface area contributed by atoms with Gasteiger partial charge in [-0.1, -0.05) is 72.8 Å². The summed E-state index contributed by atoms with van der Waals surface area (Å²) >= 11 is 0. The van der Waals surface area contributed by atoms with Gasteiger partial charge in [-0.15, -0.1) is 0 Å². The van der Waals surface area contributed by atoms with Crippen LogP contribution >= 0.6 is 0 Å². The smallest absolute Gasteiger partial charge is 0.306 e. The van der Waals surface area contributed by atoms with Gasteiger partial charge in [-0.3, -0.25) is 9.59 Å². The van der Waals surface area contributed by atoms with Crippen LogP contribution in [0.4, 0.5) is 0 Å². The van der Waals surface area contributed by atoms with Gasteiger partial charge in [0.25, 0.3) is 0 Å². The summed E-state index contributed by atoms with van der Waals surface area (Å²) in [5.41, 5.74) is 2.05. The van der Waals surface area contributed by atoms with Gasteiger partial charge in [0.1, 0.15) is 0 Å². The lowest BCUT2D eigenvalue weighted by Gasteiger charge is -2.15. The topological polar surface area (TPSA) is 52.6 Å². The molecule has 0 saturated carbocycles. The number of methoxy groups -OCH3 is 2. The third-order valence-corrected chi connectivity index (χ3v) is 4.26. The zero-order chi connectivity index (χ0) is 18.8. The molecule has 2 aromatic carbocycles. The predicted octanol–water partition coefficient (Wildman–Crippen LogP) is 4.24. The van der Waals surface area contributed by atoms with Crippen LogP contribution in [-0.4, -0.2) is 26.2 Å². The van der Waals surface area contributed by atoms with Gasteiger partial charge in [0.05, 0.1) is 27.1 Å². The van der Waals surface area contributed by atoms with E-state index in [1.807, 2.05) is 72.8 Å². The molecule has 136 valence electrons. The van der Waals surface area contributed by atoms with E-state index in [2.05, 4.69) is 0 Å². The molecule has 0 heterocycles. The summed E-state index contributed by atoms with van der Waals surface area (Å²) in [6, 6.07) is 19.6. The zero-order valence-corrected chi connectivity index (χ0v) is 15.1. The fourth-order valence-electron chi connectivity index (χ4n) is 2.79. The number of benzene rings is 2. The van der Waals surface area contributed by atoms with E-state index in [4.69, 9.17) is 9.47 Å². The van der Waals surface area contributed by atoms with E-state index in [0.29, 0.717) is 0 Å². The van der Waals surface area contributed by atoms with Gasteiger partial charge in [0.15, 0.2) is 0 Å². The lowest BCUT2D eigenvalue weighted by atomic mass is 9.90. The van der Waals surface area contributed by atoms with Crippen molar-refractivity contribution >= 4 is 11.9 Å². The maximum absolute atomic E-state index is 11.8. The summed E-state index contributed by atoms with van der Waals surface area (Å²) in [4.78, 5) is 23.6. The molecule has 0 saturated heterocycles. The molecule has 0 bridgehead atoms. The molecule has 0 aromatic heterocycles. The highest BCUT2D eigenvalue weighted by Gasteiger charge is 2.17. The molecule has 0 aliphatic rings. The summed E-state index contributed by atoms with van der Waals surface area (Å²) in [5.74, 6) is -0.777. The predicted molar refractivity (Wildman–Crippen MR) is 101 cm³/mol. The van der Waals surface area contributed by atoms with Crippen LogP contribution in [0.25, 0.3) is 0 Å². The Morgan fingerprint density at radius 1 is 0.731 bits per heavy atom. The van der Waals surface area contributed by atoms with Crippen molar-refractivity contribution in [2.45, 2.75) is 24.7 Å². The first-order chi connectivity index (χ1) is 12.6. The van der Waals surface area contributed by atoms with Gasteiger partial charge in [-0.05, 0) is 11.1 Å². The van der Waals surface area contributed by atoms with Crippen molar-refractivity contribution in [3.63, 3.8) is 0 Å². The van der Waals surface area contributed by atoms with E-state index in [9.17, 15) is 9.59 Å². The average Bonchev–Trinajstić information content (AvgIpc) is 2.70. The first-order valence-electron chi connectivity index (χ1n) is 8.56. The molecule has 2 rings (SSSR count). The lowest BCUT2D eigenvalue weighted by molar-refractivity contribution is -0.141. The van der Waals surface area contributed by atoms with E-state index >= 15 is 0 Å². The van der Waals surface area contributed by atoms with E-state index in [1.165, 1.54) is 14.2 Å². The Labute approximate surface area is 154 Å². The van der Waals surface area contributed by atoms with Crippen molar-refractivity contribution in [3.05, 3.63) is 83.9 Å². The van der Waals surface area contributed by atoms with Crippen LogP contribution in [0.3, 0.4) is 0 Å². The normalized spacial score (nSPS) is 13.2. The molecule has 4 nitrogen and oxygen atoms in total. The number of allylic oxidation sites excluding steroid dienone is 2. The molecule has 0 aliphatic heterocycles. The highest BCUT2D eigenvalue weighted by Crippen LogP contribution is 2.27. The molecule has 0 spiro atoms. The van der Waals surface area contributed by atoms with Crippen LogP contribution < -0.4 is 0 Å². The lowest BCUT2D eigenvalue weighted by Crippen LogP contribution is -2.09. The van der Waals surface area contributed by atoms with Crippen molar-refractivity contribution in [2.24, 2.45) is 0 Å². The summed E-state index contributed by atoms with van der Waals surface area (Å²) < 4.78 is 9.66. The molecule has 0 aliphatic carbocycles. The molecule has 2 atom stereocenters. The van der Waals surface area contributed by atoms with Crippen LogP contribution in [0, 0.1) is 0 Å². The number of esters is 2. The highest BCUT2D eigenvalue weighted by atomic mass is 16.5. The zero-order valence-electron chi connectivity index (χ0n) is 15.1. The molecule has 0 radical (unpaired) electrons. The largest absolute Gasteiger partial charge is 0.469 e.